The van der Waals surface area contributed by atoms with Crippen LogP contribution < -0.4 is 20.1 Å². The lowest BCUT2D eigenvalue weighted by Crippen LogP contribution is -2.53. The molecule has 3 amide bonds. The van der Waals surface area contributed by atoms with Gasteiger partial charge in [0.15, 0.2) is 11.5 Å². The summed E-state index contributed by atoms with van der Waals surface area (Å²) in [5.74, 6) is 1.22. The fourth-order valence-electron chi connectivity index (χ4n) is 3.89. The zero-order valence-electron chi connectivity index (χ0n) is 18.0. The number of carbonyl (C=O) groups is 2. The highest BCUT2D eigenvalue weighted by atomic mass is 16.5. The number of ether oxygens (including phenoxy) is 2. The van der Waals surface area contributed by atoms with Crippen LogP contribution >= 0.6 is 0 Å². The van der Waals surface area contributed by atoms with Crippen LogP contribution in [0.2, 0.25) is 0 Å². The van der Waals surface area contributed by atoms with Crippen molar-refractivity contribution in [3.05, 3.63) is 59.2 Å². The molecule has 1 atom stereocenters. The fourth-order valence-corrected chi connectivity index (χ4v) is 3.89. The van der Waals surface area contributed by atoms with E-state index in [0.29, 0.717) is 31.0 Å². The van der Waals surface area contributed by atoms with Crippen molar-refractivity contribution in [3.63, 3.8) is 0 Å². The van der Waals surface area contributed by atoms with Gasteiger partial charge in [0.05, 0.1) is 14.2 Å². The van der Waals surface area contributed by atoms with Crippen molar-refractivity contribution in [1.82, 2.24) is 15.5 Å². The average molecular weight is 424 g/mol. The van der Waals surface area contributed by atoms with Gasteiger partial charge in [-0.2, -0.15) is 0 Å². The van der Waals surface area contributed by atoms with Gasteiger partial charge in [0, 0.05) is 25.6 Å². The predicted molar refractivity (Wildman–Crippen MR) is 117 cm³/mol. The molecular formula is C24H29N3O4. The third kappa shape index (κ3) is 5.10. The van der Waals surface area contributed by atoms with Crippen LogP contribution in [-0.4, -0.2) is 49.7 Å². The molecule has 1 saturated carbocycles. The summed E-state index contributed by atoms with van der Waals surface area (Å²) in [5.41, 5.74) is 3.19. The van der Waals surface area contributed by atoms with Gasteiger partial charge in [-0.25, -0.2) is 4.79 Å². The van der Waals surface area contributed by atoms with E-state index in [4.69, 9.17) is 9.47 Å². The standard InChI is InChI=1S/C24H29N3O4/c1-30-21-13-17-10-11-27(15-18(17)14-22(21)31-2)24(29)26-20(23(28)25-19-8-9-19)12-16-6-4-3-5-7-16/h3-7,13-14,19-20H,8-12,15H2,1-2H3,(H,25,28)(H,26,29). The molecule has 1 unspecified atom stereocenters. The molecule has 7 nitrogen and oxygen atoms in total. The number of nitrogens with one attached hydrogen (secondary N) is 2. The molecule has 0 spiro atoms. The maximum absolute atomic E-state index is 13.1. The monoisotopic (exact) mass is 423 g/mol. The molecule has 2 N–H and O–H groups in total. The Morgan fingerprint density at radius 3 is 2.39 bits per heavy atom. The van der Waals surface area contributed by atoms with Gasteiger partial charge < -0.3 is 25.0 Å². The lowest BCUT2D eigenvalue weighted by Gasteiger charge is -2.31. The van der Waals surface area contributed by atoms with E-state index in [2.05, 4.69) is 10.6 Å². The molecule has 31 heavy (non-hydrogen) atoms. The van der Waals surface area contributed by atoms with E-state index >= 15 is 0 Å². The molecule has 2 aliphatic rings. The second-order valence-electron chi connectivity index (χ2n) is 8.12. The van der Waals surface area contributed by atoms with Crippen LogP contribution in [0.5, 0.6) is 11.5 Å². The largest absolute Gasteiger partial charge is 0.493 e. The summed E-state index contributed by atoms with van der Waals surface area (Å²) < 4.78 is 10.8. The summed E-state index contributed by atoms with van der Waals surface area (Å²) in [7, 11) is 3.22. The van der Waals surface area contributed by atoms with E-state index in [1.54, 1.807) is 19.1 Å². The van der Waals surface area contributed by atoms with Gasteiger partial charge in [-0.15, -0.1) is 0 Å². The van der Waals surface area contributed by atoms with E-state index in [9.17, 15) is 9.59 Å². The Hall–Kier alpha value is -3.22. The van der Waals surface area contributed by atoms with Gasteiger partial charge in [-0.1, -0.05) is 30.3 Å². The number of nitrogens with zero attached hydrogens (tertiary/aromatic N) is 1. The van der Waals surface area contributed by atoms with E-state index < -0.39 is 6.04 Å². The molecule has 1 aliphatic carbocycles. The number of benzene rings is 2. The maximum atomic E-state index is 13.1. The molecule has 0 aromatic heterocycles. The fraction of sp³-hybridized carbons (Fsp3) is 0.417. The van der Waals surface area contributed by atoms with E-state index in [1.165, 1.54) is 0 Å². The van der Waals surface area contributed by atoms with Crippen LogP contribution in [0.3, 0.4) is 0 Å². The Labute approximate surface area is 182 Å². The van der Waals surface area contributed by atoms with Crippen LogP contribution in [0.15, 0.2) is 42.5 Å². The summed E-state index contributed by atoms with van der Waals surface area (Å²) in [6, 6.07) is 13.1. The molecule has 164 valence electrons. The first-order valence-corrected chi connectivity index (χ1v) is 10.7. The molecule has 1 heterocycles. The Morgan fingerprint density at radius 2 is 1.74 bits per heavy atom. The van der Waals surface area contributed by atoms with Gasteiger partial charge >= 0.3 is 6.03 Å². The highest BCUT2D eigenvalue weighted by Gasteiger charge is 2.30. The molecule has 1 aliphatic heterocycles. The molecule has 2 aromatic rings. The van der Waals surface area contributed by atoms with Crippen LogP contribution in [0.1, 0.15) is 29.5 Å². The molecule has 0 saturated heterocycles. The molecule has 4 rings (SSSR count). The highest BCUT2D eigenvalue weighted by molar-refractivity contribution is 5.87. The van der Waals surface area contributed by atoms with Gasteiger partial charge in [-0.3, -0.25) is 4.79 Å². The Balaban J connectivity index is 1.46. The molecule has 0 radical (unpaired) electrons. The van der Waals surface area contributed by atoms with Gasteiger partial charge in [0.1, 0.15) is 6.04 Å². The van der Waals surface area contributed by atoms with Crippen molar-refractivity contribution in [2.75, 3.05) is 20.8 Å². The first kappa shape index (κ1) is 21.0. The number of methoxy groups -OCH3 is 2. The Morgan fingerprint density at radius 1 is 1.06 bits per heavy atom. The lowest BCUT2D eigenvalue weighted by molar-refractivity contribution is -0.123. The summed E-state index contributed by atoms with van der Waals surface area (Å²) in [6.45, 7) is 1.04. The van der Waals surface area contributed by atoms with Crippen molar-refractivity contribution in [2.24, 2.45) is 0 Å². The highest BCUT2D eigenvalue weighted by Crippen LogP contribution is 2.33. The first-order valence-electron chi connectivity index (χ1n) is 10.7. The summed E-state index contributed by atoms with van der Waals surface area (Å²) >= 11 is 0. The van der Waals surface area contributed by atoms with Gasteiger partial charge in [0.2, 0.25) is 5.91 Å². The maximum Gasteiger partial charge on any atom is 0.318 e. The Bertz CT molecular complexity index is 943. The normalized spacial score (nSPS) is 16.1. The van der Waals surface area contributed by atoms with Crippen molar-refractivity contribution >= 4 is 11.9 Å². The molecular weight excluding hydrogens is 394 g/mol. The topological polar surface area (TPSA) is 79.9 Å². The predicted octanol–water partition coefficient (Wildman–Crippen LogP) is 2.66. The number of hydrogen-bond acceptors (Lipinski definition) is 4. The number of rotatable bonds is 7. The average Bonchev–Trinajstić information content (AvgIpc) is 3.61. The second-order valence-corrected chi connectivity index (χ2v) is 8.12. The van der Waals surface area contributed by atoms with Crippen molar-refractivity contribution < 1.29 is 19.1 Å². The lowest BCUT2D eigenvalue weighted by atomic mass is 9.99. The quantitative estimate of drug-likeness (QED) is 0.718. The number of carbonyl (C=O) groups excluding carboxylic acids is 2. The number of fused-ring (bicyclic) bond motifs is 1. The first-order chi connectivity index (χ1) is 15.1. The third-order valence-electron chi connectivity index (χ3n) is 5.83. The smallest absolute Gasteiger partial charge is 0.318 e. The summed E-state index contributed by atoms with van der Waals surface area (Å²) in [6.07, 6.45) is 3.19. The van der Waals surface area contributed by atoms with Crippen molar-refractivity contribution in [3.8, 4) is 11.5 Å². The zero-order chi connectivity index (χ0) is 21.8. The van der Waals surface area contributed by atoms with E-state index in [1.807, 2.05) is 42.5 Å². The van der Waals surface area contributed by atoms with Crippen LogP contribution in [0.25, 0.3) is 0 Å². The minimum atomic E-state index is -0.609. The summed E-state index contributed by atoms with van der Waals surface area (Å²) in [5, 5.41) is 5.99. The molecule has 0 bridgehead atoms. The van der Waals surface area contributed by atoms with Crippen molar-refractivity contribution in [1.29, 1.82) is 0 Å². The number of amides is 3. The van der Waals surface area contributed by atoms with Gasteiger partial charge in [-0.05, 0) is 48.1 Å². The van der Waals surface area contributed by atoms with Crippen LogP contribution in [0.4, 0.5) is 4.79 Å². The number of hydrogen-bond donors (Lipinski definition) is 2. The SMILES string of the molecule is COc1cc2c(cc1OC)CN(C(=O)NC(Cc1ccccc1)C(=O)NC1CC1)CC2. The van der Waals surface area contributed by atoms with Crippen LogP contribution in [0, 0.1) is 0 Å². The van der Waals surface area contributed by atoms with Gasteiger partial charge in [0.25, 0.3) is 0 Å². The van der Waals surface area contributed by atoms with E-state index in [-0.39, 0.29) is 18.0 Å². The van der Waals surface area contributed by atoms with Crippen molar-refractivity contribution in [2.45, 2.75) is 44.3 Å². The number of urea groups is 1. The molecule has 7 heteroatoms. The minimum Gasteiger partial charge on any atom is -0.493 e. The second kappa shape index (κ2) is 9.29. The zero-order valence-corrected chi connectivity index (χ0v) is 18.0. The molecule has 1 fully saturated rings. The summed E-state index contributed by atoms with van der Waals surface area (Å²) in [4.78, 5) is 27.6. The minimum absolute atomic E-state index is 0.122. The Kier molecular flexibility index (Phi) is 6.30. The third-order valence-corrected chi connectivity index (χ3v) is 5.83. The molecule has 2 aromatic carbocycles. The van der Waals surface area contributed by atoms with E-state index in [0.717, 1.165) is 36.0 Å². The van der Waals surface area contributed by atoms with Crippen LogP contribution in [-0.2, 0) is 24.2 Å².